The van der Waals surface area contributed by atoms with Gasteiger partial charge in [0, 0.05) is 6.54 Å². The van der Waals surface area contributed by atoms with Gasteiger partial charge in [-0.15, -0.1) is 0 Å². The maximum absolute atomic E-state index is 11.2. The molecule has 4 heteroatoms. The molecule has 0 aliphatic rings. The first-order chi connectivity index (χ1) is 7.69. The van der Waals surface area contributed by atoms with E-state index >= 15 is 0 Å². The van der Waals surface area contributed by atoms with Crippen LogP contribution in [0.2, 0.25) is 0 Å². The lowest BCUT2D eigenvalue weighted by Crippen LogP contribution is -2.28. The van der Waals surface area contributed by atoms with Crippen LogP contribution in [0, 0.1) is 6.92 Å². The van der Waals surface area contributed by atoms with Crippen molar-refractivity contribution in [1.82, 2.24) is 5.32 Å². The first-order valence-electron chi connectivity index (χ1n) is 5.13. The molecule has 0 aliphatic heterocycles. The molecule has 0 aromatic heterocycles. The molecule has 0 aliphatic carbocycles. The predicted octanol–water partition coefficient (Wildman–Crippen LogP) is 1.32. The van der Waals surface area contributed by atoms with Crippen molar-refractivity contribution in [3.8, 4) is 5.75 Å². The van der Waals surface area contributed by atoms with Gasteiger partial charge in [-0.3, -0.25) is 9.59 Å². The number of para-hydroxylation sites is 1. The van der Waals surface area contributed by atoms with E-state index in [0.29, 0.717) is 17.9 Å². The molecule has 0 bridgehead atoms. The average Bonchev–Trinajstić information content (AvgIpc) is 2.27. The zero-order valence-corrected chi connectivity index (χ0v) is 9.45. The smallest absolute Gasteiger partial charge is 0.257 e. The van der Waals surface area contributed by atoms with E-state index in [-0.39, 0.29) is 12.5 Å². The zero-order chi connectivity index (χ0) is 12.0. The van der Waals surface area contributed by atoms with E-state index < -0.39 is 0 Å². The summed E-state index contributed by atoms with van der Waals surface area (Å²) in [7, 11) is 0. The molecule has 1 aromatic rings. The number of hydrogen-bond acceptors (Lipinski definition) is 3. The SMILES string of the molecule is CCNC(=O)COc1c(C)cccc1C=O. The zero-order valence-electron chi connectivity index (χ0n) is 9.45. The van der Waals surface area contributed by atoms with Crippen molar-refractivity contribution >= 4 is 12.2 Å². The average molecular weight is 221 g/mol. The first-order valence-corrected chi connectivity index (χ1v) is 5.13. The lowest BCUT2D eigenvalue weighted by Gasteiger charge is -2.10. The van der Waals surface area contributed by atoms with Gasteiger partial charge in [0.05, 0.1) is 5.56 Å². The van der Waals surface area contributed by atoms with Gasteiger partial charge in [-0.05, 0) is 25.5 Å². The number of ether oxygens (including phenoxy) is 1. The Bertz CT molecular complexity index is 388. The van der Waals surface area contributed by atoms with Crippen LogP contribution in [-0.2, 0) is 4.79 Å². The number of aldehydes is 1. The Morgan fingerprint density at radius 2 is 2.25 bits per heavy atom. The van der Waals surface area contributed by atoms with E-state index in [9.17, 15) is 9.59 Å². The quantitative estimate of drug-likeness (QED) is 0.763. The van der Waals surface area contributed by atoms with E-state index in [1.807, 2.05) is 19.9 Å². The summed E-state index contributed by atoms with van der Waals surface area (Å²) in [4.78, 5) is 22.0. The second-order valence-corrected chi connectivity index (χ2v) is 3.35. The van der Waals surface area contributed by atoms with Gasteiger partial charge in [0.1, 0.15) is 5.75 Å². The fraction of sp³-hybridized carbons (Fsp3) is 0.333. The number of carbonyl (C=O) groups excluding carboxylic acids is 2. The molecule has 0 spiro atoms. The van der Waals surface area contributed by atoms with E-state index in [1.54, 1.807) is 12.1 Å². The number of amides is 1. The van der Waals surface area contributed by atoms with Gasteiger partial charge >= 0.3 is 0 Å². The van der Waals surface area contributed by atoms with Gasteiger partial charge in [0.2, 0.25) is 0 Å². The van der Waals surface area contributed by atoms with Gasteiger partial charge in [-0.25, -0.2) is 0 Å². The number of likely N-dealkylation sites (N-methyl/N-ethyl adjacent to an activating group) is 1. The van der Waals surface area contributed by atoms with Crippen LogP contribution in [-0.4, -0.2) is 25.3 Å². The number of aryl methyl sites for hydroxylation is 1. The van der Waals surface area contributed by atoms with Crippen molar-refractivity contribution in [1.29, 1.82) is 0 Å². The summed E-state index contributed by atoms with van der Waals surface area (Å²) in [5.74, 6) is 0.284. The Balaban J connectivity index is 2.72. The third-order valence-electron chi connectivity index (χ3n) is 2.09. The number of carbonyl (C=O) groups is 2. The van der Waals surface area contributed by atoms with E-state index in [4.69, 9.17) is 4.74 Å². The normalized spacial score (nSPS) is 9.62. The van der Waals surface area contributed by atoms with Crippen LogP contribution in [0.3, 0.4) is 0 Å². The largest absolute Gasteiger partial charge is 0.483 e. The summed E-state index contributed by atoms with van der Waals surface area (Å²) in [6.45, 7) is 4.17. The number of rotatable bonds is 5. The predicted molar refractivity (Wildman–Crippen MR) is 60.7 cm³/mol. The van der Waals surface area contributed by atoms with Crippen LogP contribution in [0.1, 0.15) is 22.8 Å². The van der Waals surface area contributed by atoms with Crippen LogP contribution in [0.25, 0.3) is 0 Å². The molecule has 0 radical (unpaired) electrons. The molecule has 0 atom stereocenters. The monoisotopic (exact) mass is 221 g/mol. The van der Waals surface area contributed by atoms with Crippen molar-refractivity contribution in [3.63, 3.8) is 0 Å². The molecule has 86 valence electrons. The summed E-state index contributed by atoms with van der Waals surface area (Å²) in [6.07, 6.45) is 0.722. The van der Waals surface area contributed by atoms with Gasteiger partial charge in [0.15, 0.2) is 12.9 Å². The maximum Gasteiger partial charge on any atom is 0.257 e. The Hall–Kier alpha value is -1.84. The van der Waals surface area contributed by atoms with Crippen molar-refractivity contribution in [2.24, 2.45) is 0 Å². The number of benzene rings is 1. The molecule has 0 saturated heterocycles. The number of nitrogens with one attached hydrogen (secondary N) is 1. The Labute approximate surface area is 94.6 Å². The topological polar surface area (TPSA) is 55.4 Å². The third kappa shape index (κ3) is 3.08. The lowest BCUT2D eigenvalue weighted by molar-refractivity contribution is -0.123. The summed E-state index contributed by atoms with van der Waals surface area (Å²) in [5.41, 5.74) is 1.30. The molecule has 0 saturated carbocycles. The van der Waals surface area contributed by atoms with Crippen molar-refractivity contribution < 1.29 is 14.3 Å². The Morgan fingerprint density at radius 1 is 1.50 bits per heavy atom. The van der Waals surface area contributed by atoms with Gasteiger partial charge < -0.3 is 10.1 Å². The molecular formula is C12H15NO3. The van der Waals surface area contributed by atoms with Crippen LogP contribution in [0.15, 0.2) is 18.2 Å². The van der Waals surface area contributed by atoms with E-state index in [1.165, 1.54) is 0 Å². The highest BCUT2D eigenvalue weighted by Crippen LogP contribution is 2.21. The van der Waals surface area contributed by atoms with Crippen molar-refractivity contribution in [2.45, 2.75) is 13.8 Å². The molecule has 0 unspecified atom stereocenters. The maximum atomic E-state index is 11.2. The van der Waals surface area contributed by atoms with Gasteiger partial charge in [-0.1, -0.05) is 12.1 Å². The standard InChI is InChI=1S/C12H15NO3/c1-3-13-11(15)8-16-12-9(2)5-4-6-10(12)7-14/h4-7H,3,8H2,1-2H3,(H,13,15). The summed E-state index contributed by atoms with van der Waals surface area (Å²) < 4.78 is 5.33. The minimum Gasteiger partial charge on any atom is -0.483 e. The van der Waals surface area contributed by atoms with E-state index in [0.717, 1.165) is 11.8 Å². The second kappa shape index (κ2) is 5.90. The summed E-state index contributed by atoms with van der Waals surface area (Å²) >= 11 is 0. The second-order valence-electron chi connectivity index (χ2n) is 3.35. The van der Waals surface area contributed by atoms with Crippen molar-refractivity contribution in [2.75, 3.05) is 13.2 Å². The fourth-order valence-electron chi connectivity index (χ4n) is 1.35. The molecule has 1 rings (SSSR count). The highest BCUT2D eigenvalue weighted by atomic mass is 16.5. The molecular weight excluding hydrogens is 206 g/mol. The van der Waals surface area contributed by atoms with E-state index in [2.05, 4.69) is 5.32 Å². The first kappa shape index (κ1) is 12.2. The Morgan fingerprint density at radius 3 is 2.88 bits per heavy atom. The van der Waals surface area contributed by atoms with Crippen LogP contribution in [0.4, 0.5) is 0 Å². The molecule has 1 aromatic carbocycles. The van der Waals surface area contributed by atoms with Gasteiger partial charge in [-0.2, -0.15) is 0 Å². The van der Waals surface area contributed by atoms with Gasteiger partial charge in [0.25, 0.3) is 5.91 Å². The minimum atomic E-state index is -0.192. The Kier molecular flexibility index (Phi) is 4.51. The molecule has 0 fully saturated rings. The molecule has 1 N–H and O–H groups in total. The number of hydrogen-bond donors (Lipinski definition) is 1. The minimum absolute atomic E-state index is 0.0699. The van der Waals surface area contributed by atoms with Crippen molar-refractivity contribution in [3.05, 3.63) is 29.3 Å². The van der Waals surface area contributed by atoms with Crippen LogP contribution < -0.4 is 10.1 Å². The summed E-state index contributed by atoms with van der Waals surface area (Å²) in [6, 6.07) is 5.27. The lowest BCUT2D eigenvalue weighted by atomic mass is 10.1. The molecule has 1 amide bonds. The fourth-order valence-corrected chi connectivity index (χ4v) is 1.35. The molecule has 0 heterocycles. The third-order valence-corrected chi connectivity index (χ3v) is 2.09. The van der Waals surface area contributed by atoms with Crippen LogP contribution >= 0.6 is 0 Å². The highest BCUT2D eigenvalue weighted by molar-refractivity contribution is 5.81. The molecule has 4 nitrogen and oxygen atoms in total. The van der Waals surface area contributed by atoms with Crippen LogP contribution in [0.5, 0.6) is 5.75 Å². The summed E-state index contributed by atoms with van der Waals surface area (Å²) in [5, 5.41) is 2.62. The molecule has 16 heavy (non-hydrogen) atoms. The highest BCUT2D eigenvalue weighted by Gasteiger charge is 2.08.